The van der Waals surface area contributed by atoms with E-state index in [0.29, 0.717) is 16.1 Å². The lowest BCUT2D eigenvalue weighted by Gasteiger charge is -2.00. The maximum absolute atomic E-state index is 10.6. The Morgan fingerprint density at radius 2 is 1.00 bits per heavy atom. The molecule has 6 aromatic rings. The van der Waals surface area contributed by atoms with E-state index in [9.17, 15) is 10.2 Å². The van der Waals surface area contributed by atoms with Crippen molar-refractivity contribution >= 4 is 34.0 Å². The number of thiazole rings is 3. The van der Waals surface area contributed by atoms with E-state index in [1.807, 2.05) is 49.4 Å². The molecule has 0 saturated carbocycles. The van der Waals surface area contributed by atoms with Gasteiger partial charge in [-0.25, -0.2) is 15.0 Å². The summed E-state index contributed by atoms with van der Waals surface area (Å²) in [6.07, 6.45) is 0. The molecular formula is C29H21N3O2S3. The summed E-state index contributed by atoms with van der Waals surface area (Å²) in [5.41, 5.74) is 4.78. The van der Waals surface area contributed by atoms with Crippen LogP contribution in [0.3, 0.4) is 0 Å². The Morgan fingerprint density at radius 1 is 0.514 bits per heavy atom. The molecule has 3 aromatic heterocycles. The first-order valence-corrected chi connectivity index (χ1v) is 14.0. The van der Waals surface area contributed by atoms with Crippen molar-refractivity contribution in [1.82, 2.24) is 15.0 Å². The summed E-state index contributed by atoms with van der Waals surface area (Å²) in [7, 11) is 0. The number of para-hydroxylation sites is 2. The molecule has 5 nitrogen and oxygen atoms in total. The van der Waals surface area contributed by atoms with Crippen LogP contribution in [0.5, 0.6) is 11.5 Å². The van der Waals surface area contributed by atoms with Crippen LogP contribution in [0, 0.1) is 13.8 Å². The predicted molar refractivity (Wildman–Crippen MR) is 153 cm³/mol. The molecule has 0 fully saturated rings. The molecular weight excluding hydrogens is 519 g/mol. The number of aromatic nitrogens is 3. The quantitative estimate of drug-likeness (QED) is 0.230. The summed E-state index contributed by atoms with van der Waals surface area (Å²) in [5, 5.41) is 23.4. The van der Waals surface area contributed by atoms with E-state index in [-0.39, 0.29) is 11.5 Å². The van der Waals surface area contributed by atoms with Crippen LogP contribution in [0.4, 0.5) is 0 Å². The molecule has 37 heavy (non-hydrogen) atoms. The van der Waals surface area contributed by atoms with Crippen LogP contribution < -0.4 is 0 Å². The van der Waals surface area contributed by atoms with Crippen molar-refractivity contribution in [2.45, 2.75) is 13.8 Å². The van der Waals surface area contributed by atoms with Crippen molar-refractivity contribution in [1.29, 1.82) is 0 Å². The van der Waals surface area contributed by atoms with Crippen molar-refractivity contribution in [2.75, 3.05) is 0 Å². The Kier molecular flexibility index (Phi) is 6.08. The highest BCUT2D eigenvalue weighted by Crippen LogP contribution is 2.47. The van der Waals surface area contributed by atoms with Crippen molar-refractivity contribution in [3.63, 3.8) is 0 Å². The lowest BCUT2D eigenvalue weighted by atomic mass is 10.2. The van der Waals surface area contributed by atoms with Crippen molar-refractivity contribution in [3.8, 4) is 65.2 Å². The predicted octanol–water partition coefficient (Wildman–Crippen LogP) is 8.42. The second kappa shape index (κ2) is 9.55. The van der Waals surface area contributed by atoms with Gasteiger partial charge in [-0.15, -0.1) is 34.0 Å². The van der Waals surface area contributed by atoms with Gasteiger partial charge in [0.2, 0.25) is 0 Å². The highest BCUT2D eigenvalue weighted by Gasteiger charge is 2.25. The van der Waals surface area contributed by atoms with Crippen LogP contribution in [0.25, 0.3) is 53.7 Å². The first-order valence-electron chi connectivity index (χ1n) is 11.6. The molecule has 0 saturated heterocycles. The normalized spacial score (nSPS) is 11.2. The van der Waals surface area contributed by atoms with E-state index in [2.05, 4.69) is 19.1 Å². The summed E-state index contributed by atoms with van der Waals surface area (Å²) >= 11 is 4.67. The average Bonchev–Trinajstić information content (AvgIpc) is 3.61. The first-order chi connectivity index (χ1) is 18.0. The second-order valence-electron chi connectivity index (χ2n) is 8.44. The molecule has 8 heteroatoms. The third-order valence-corrected chi connectivity index (χ3v) is 9.07. The minimum atomic E-state index is 0.180. The summed E-state index contributed by atoms with van der Waals surface area (Å²) in [6, 6.07) is 24.6. The second-order valence-corrected chi connectivity index (χ2v) is 11.9. The highest BCUT2D eigenvalue weighted by molar-refractivity contribution is 7.20. The molecule has 3 aromatic carbocycles. The average molecular weight is 540 g/mol. The molecule has 0 radical (unpaired) electrons. The molecule has 2 N–H and O–H groups in total. The number of phenolic OH excluding ortho intramolecular Hbond substituents is 2. The SMILES string of the molecule is Cc1sc(-c2ccccc2O)nc1-c1nc(-c2ccccc2O)sc1-c1nc(-c2ccccc2)sc1C. The molecule has 0 amide bonds. The molecule has 182 valence electrons. The first kappa shape index (κ1) is 23.5. The number of hydrogen-bond donors (Lipinski definition) is 2. The van der Waals surface area contributed by atoms with Crippen LogP contribution in [0.1, 0.15) is 9.75 Å². The van der Waals surface area contributed by atoms with Gasteiger partial charge in [0.05, 0.1) is 21.7 Å². The Balaban J connectivity index is 1.55. The lowest BCUT2D eigenvalue weighted by Crippen LogP contribution is -1.87. The molecule has 0 unspecified atom stereocenters. The van der Waals surface area contributed by atoms with Crippen LogP contribution in [0.2, 0.25) is 0 Å². The summed E-state index contributed by atoms with van der Waals surface area (Å²) in [4.78, 5) is 18.0. The molecule has 0 aliphatic carbocycles. The van der Waals surface area contributed by atoms with Gasteiger partial charge in [0.1, 0.15) is 37.9 Å². The largest absolute Gasteiger partial charge is 0.507 e. The van der Waals surface area contributed by atoms with E-state index in [1.54, 1.807) is 35.6 Å². The third kappa shape index (κ3) is 4.33. The zero-order chi connectivity index (χ0) is 25.5. The topological polar surface area (TPSA) is 79.1 Å². The van der Waals surface area contributed by atoms with Gasteiger partial charge in [-0.1, -0.05) is 54.6 Å². The smallest absolute Gasteiger partial charge is 0.128 e. The maximum atomic E-state index is 10.6. The number of rotatable bonds is 5. The molecule has 0 aliphatic heterocycles. The van der Waals surface area contributed by atoms with E-state index < -0.39 is 0 Å². The van der Waals surface area contributed by atoms with Gasteiger partial charge in [0, 0.05) is 15.3 Å². The number of aryl methyl sites for hydroxylation is 2. The minimum Gasteiger partial charge on any atom is -0.507 e. The summed E-state index contributed by atoms with van der Waals surface area (Å²) in [6.45, 7) is 4.09. The monoisotopic (exact) mass is 539 g/mol. The number of aromatic hydroxyl groups is 2. The molecule has 6 rings (SSSR count). The van der Waals surface area contributed by atoms with Gasteiger partial charge in [0.25, 0.3) is 0 Å². The zero-order valence-corrected chi connectivity index (χ0v) is 22.4. The fraction of sp³-hybridized carbons (Fsp3) is 0.0690. The van der Waals surface area contributed by atoms with E-state index >= 15 is 0 Å². The number of phenols is 2. The standard InChI is InChI=1S/C29H21N3O2S3/c1-16-23(30-28(36-16)19-12-6-8-14-21(19)33)25-26(37-29(32-25)20-13-7-9-15-22(20)34)24-17(2)35-27(31-24)18-10-4-3-5-11-18/h3-15,33-34H,1-2H3. The number of nitrogens with zero attached hydrogens (tertiary/aromatic N) is 3. The van der Waals surface area contributed by atoms with Gasteiger partial charge < -0.3 is 10.2 Å². The fourth-order valence-electron chi connectivity index (χ4n) is 4.11. The van der Waals surface area contributed by atoms with Gasteiger partial charge >= 0.3 is 0 Å². The summed E-state index contributed by atoms with van der Waals surface area (Å²) in [5.74, 6) is 0.373. The lowest BCUT2D eigenvalue weighted by molar-refractivity contribution is 0.477. The van der Waals surface area contributed by atoms with Crippen molar-refractivity contribution < 1.29 is 10.2 Å². The number of benzene rings is 3. The van der Waals surface area contributed by atoms with Gasteiger partial charge in [-0.3, -0.25) is 0 Å². The zero-order valence-electron chi connectivity index (χ0n) is 20.0. The van der Waals surface area contributed by atoms with Crippen molar-refractivity contribution in [3.05, 3.63) is 88.6 Å². The van der Waals surface area contributed by atoms with Crippen LogP contribution >= 0.6 is 34.0 Å². The number of hydrogen-bond acceptors (Lipinski definition) is 8. The third-order valence-electron chi connectivity index (χ3n) is 5.95. The minimum absolute atomic E-state index is 0.180. The Morgan fingerprint density at radius 3 is 1.65 bits per heavy atom. The molecule has 0 spiro atoms. The van der Waals surface area contributed by atoms with E-state index in [0.717, 1.165) is 47.3 Å². The van der Waals surface area contributed by atoms with Crippen LogP contribution in [-0.4, -0.2) is 25.2 Å². The maximum Gasteiger partial charge on any atom is 0.128 e. The highest BCUT2D eigenvalue weighted by atomic mass is 32.1. The van der Waals surface area contributed by atoms with Gasteiger partial charge in [-0.05, 0) is 38.1 Å². The fourth-order valence-corrected chi connectivity index (χ4v) is 7.19. The van der Waals surface area contributed by atoms with Gasteiger partial charge in [-0.2, -0.15) is 0 Å². The Bertz CT molecular complexity index is 1730. The Labute approximate surface area is 226 Å². The molecule has 0 atom stereocenters. The van der Waals surface area contributed by atoms with Crippen molar-refractivity contribution in [2.24, 2.45) is 0 Å². The molecule has 0 aliphatic rings. The Hall–Kier alpha value is -3.85. The molecule has 0 bridgehead atoms. The van der Waals surface area contributed by atoms with Crippen LogP contribution in [-0.2, 0) is 0 Å². The molecule has 3 heterocycles. The van der Waals surface area contributed by atoms with E-state index in [4.69, 9.17) is 15.0 Å². The van der Waals surface area contributed by atoms with E-state index in [1.165, 1.54) is 22.7 Å². The summed E-state index contributed by atoms with van der Waals surface area (Å²) < 4.78 is 0. The van der Waals surface area contributed by atoms with Gasteiger partial charge in [0.15, 0.2) is 0 Å². The van der Waals surface area contributed by atoms with Crippen LogP contribution in [0.15, 0.2) is 78.9 Å².